The van der Waals surface area contributed by atoms with Crippen molar-refractivity contribution in [3.63, 3.8) is 0 Å². The molecule has 0 N–H and O–H groups in total. The van der Waals surface area contributed by atoms with Crippen LogP contribution in [-0.4, -0.2) is 12.1 Å². The zero-order valence-corrected chi connectivity index (χ0v) is 9.39. The molecule has 2 aromatic rings. The molecule has 0 amide bonds. The number of nitrogens with zero attached hydrogens (tertiary/aromatic N) is 1. The first-order valence-electron chi connectivity index (χ1n) is 5.35. The Hall–Kier alpha value is -1.67. The molecule has 2 rings (SSSR count). The van der Waals surface area contributed by atoms with Gasteiger partial charge < -0.3 is 4.74 Å². The van der Waals surface area contributed by atoms with Gasteiger partial charge in [0.25, 0.3) is 0 Å². The van der Waals surface area contributed by atoms with Gasteiger partial charge in [-0.3, -0.25) is 4.98 Å². The Morgan fingerprint density at radius 3 is 2.62 bits per heavy atom. The topological polar surface area (TPSA) is 22.1 Å². The summed E-state index contributed by atoms with van der Waals surface area (Å²) >= 11 is 0. The highest BCUT2D eigenvalue weighted by atomic mass is 16.5. The third-order valence-electron chi connectivity index (χ3n) is 2.54. The van der Waals surface area contributed by atoms with Crippen molar-refractivity contribution in [3.05, 3.63) is 65.5 Å². The largest absolute Gasteiger partial charge is 0.380 e. The molecular formula is C14H15NO. The molecule has 0 radical (unpaired) electrons. The molecule has 1 aromatic carbocycles. The molecule has 1 aromatic heterocycles. The standard InChI is InChI=1S/C14H15NO/c1-16-11-14-10-15-8-7-13(14)9-12-5-3-2-4-6-12/h2-8,10H,9,11H2,1H3. The number of pyridine rings is 1. The number of benzene rings is 1. The highest BCUT2D eigenvalue weighted by Crippen LogP contribution is 2.13. The first-order valence-corrected chi connectivity index (χ1v) is 5.35. The van der Waals surface area contributed by atoms with Gasteiger partial charge >= 0.3 is 0 Å². The molecule has 0 aliphatic carbocycles. The van der Waals surface area contributed by atoms with Gasteiger partial charge in [-0.25, -0.2) is 0 Å². The quantitative estimate of drug-likeness (QED) is 0.779. The summed E-state index contributed by atoms with van der Waals surface area (Å²) in [4.78, 5) is 4.13. The second-order valence-corrected chi connectivity index (χ2v) is 3.74. The minimum Gasteiger partial charge on any atom is -0.380 e. The zero-order chi connectivity index (χ0) is 11.2. The van der Waals surface area contributed by atoms with Crippen LogP contribution < -0.4 is 0 Å². The van der Waals surface area contributed by atoms with E-state index >= 15 is 0 Å². The van der Waals surface area contributed by atoms with Gasteiger partial charge in [0, 0.05) is 19.5 Å². The molecule has 0 atom stereocenters. The van der Waals surface area contributed by atoms with E-state index in [-0.39, 0.29) is 0 Å². The van der Waals surface area contributed by atoms with E-state index in [4.69, 9.17) is 4.74 Å². The summed E-state index contributed by atoms with van der Waals surface area (Å²) < 4.78 is 5.17. The minimum atomic E-state index is 0.621. The van der Waals surface area contributed by atoms with Crippen molar-refractivity contribution in [3.8, 4) is 0 Å². The van der Waals surface area contributed by atoms with Crippen LogP contribution in [0.1, 0.15) is 16.7 Å². The lowest BCUT2D eigenvalue weighted by Crippen LogP contribution is -1.97. The second-order valence-electron chi connectivity index (χ2n) is 3.74. The van der Waals surface area contributed by atoms with Crippen LogP contribution in [0, 0.1) is 0 Å². The van der Waals surface area contributed by atoms with Crippen molar-refractivity contribution in [1.82, 2.24) is 4.98 Å². The van der Waals surface area contributed by atoms with Gasteiger partial charge in [-0.15, -0.1) is 0 Å². The number of hydrogen-bond acceptors (Lipinski definition) is 2. The van der Waals surface area contributed by atoms with Crippen molar-refractivity contribution in [2.75, 3.05) is 7.11 Å². The number of rotatable bonds is 4. The SMILES string of the molecule is COCc1cnccc1Cc1ccccc1. The van der Waals surface area contributed by atoms with Crippen molar-refractivity contribution in [2.45, 2.75) is 13.0 Å². The van der Waals surface area contributed by atoms with Crippen molar-refractivity contribution >= 4 is 0 Å². The first kappa shape index (κ1) is 10.8. The Morgan fingerprint density at radius 1 is 1.06 bits per heavy atom. The third kappa shape index (κ3) is 2.67. The summed E-state index contributed by atoms with van der Waals surface area (Å²) in [5.74, 6) is 0. The summed E-state index contributed by atoms with van der Waals surface area (Å²) in [7, 11) is 1.71. The molecule has 1 heterocycles. The normalized spacial score (nSPS) is 10.3. The van der Waals surface area contributed by atoms with E-state index < -0.39 is 0 Å². The number of ether oxygens (including phenoxy) is 1. The number of methoxy groups -OCH3 is 1. The Balaban J connectivity index is 2.21. The number of aromatic nitrogens is 1. The van der Waals surface area contributed by atoms with Crippen LogP contribution in [0.25, 0.3) is 0 Å². The Kier molecular flexibility index (Phi) is 3.67. The fourth-order valence-corrected chi connectivity index (χ4v) is 1.73. The van der Waals surface area contributed by atoms with E-state index in [1.165, 1.54) is 11.1 Å². The van der Waals surface area contributed by atoms with Crippen molar-refractivity contribution in [2.24, 2.45) is 0 Å². The van der Waals surface area contributed by atoms with Gasteiger partial charge in [0.05, 0.1) is 6.61 Å². The summed E-state index contributed by atoms with van der Waals surface area (Å²) in [6.07, 6.45) is 4.64. The molecule has 16 heavy (non-hydrogen) atoms. The zero-order valence-electron chi connectivity index (χ0n) is 9.39. The maximum atomic E-state index is 5.17. The van der Waals surface area contributed by atoms with Crippen LogP contribution >= 0.6 is 0 Å². The summed E-state index contributed by atoms with van der Waals surface area (Å²) in [5, 5.41) is 0. The van der Waals surface area contributed by atoms with Crippen molar-refractivity contribution < 1.29 is 4.74 Å². The predicted octanol–water partition coefficient (Wildman–Crippen LogP) is 2.82. The van der Waals surface area contributed by atoms with E-state index in [9.17, 15) is 0 Å². The van der Waals surface area contributed by atoms with Gasteiger partial charge in [0.2, 0.25) is 0 Å². The lowest BCUT2D eigenvalue weighted by Gasteiger charge is -2.07. The Morgan fingerprint density at radius 2 is 1.88 bits per heavy atom. The van der Waals surface area contributed by atoms with Gasteiger partial charge in [-0.2, -0.15) is 0 Å². The molecule has 0 fully saturated rings. The van der Waals surface area contributed by atoms with E-state index in [1.54, 1.807) is 7.11 Å². The Bertz CT molecular complexity index is 439. The van der Waals surface area contributed by atoms with Crippen LogP contribution in [0.4, 0.5) is 0 Å². The molecule has 82 valence electrons. The molecule has 0 aliphatic rings. The molecular weight excluding hydrogens is 198 g/mol. The summed E-state index contributed by atoms with van der Waals surface area (Å²) in [6, 6.07) is 12.5. The molecule has 0 saturated heterocycles. The van der Waals surface area contributed by atoms with Gasteiger partial charge in [0.1, 0.15) is 0 Å². The molecule has 0 bridgehead atoms. The third-order valence-corrected chi connectivity index (χ3v) is 2.54. The average Bonchev–Trinajstić information content (AvgIpc) is 2.33. The fraction of sp³-hybridized carbons (Fsp3) is 0.214. The van der Waals surface area contributed by atoms with Gasteiger partial charge in [-0.1, -0.05) is 30.3 Å². The summed E-state index contributed by atoms with van der Waals surface area (Å²) in [5.41, 5.74) is 3.75. The highest BCUT2D eigenvalue weighted by Gasteiger charge is 2.02. The molecule has 0 saturated carbocycles. The van der Waals surface area contributed by atoms with E-state index in [0.29, 0.717) is 6.61 Å². The van der Waals surface area contributed by atoms with Gasteiger partial charge in [-0.05, 0) is 29.2 Å². The van der Waals surface area contributed by atoms with E-state index in [0.717, 1.165) is 12.0 Å². The number of hydrogen-bond donors (Lipinski definition) is 0. The second kappa shape index (κ2) is 5.42. The molecule has 2 heteroatoms. The molecule has 0 aliphatic heterocycles. The lowest BCUT2D eigenvalue weighted by molar-refractivity contribution is 0.184. The van der Waals surface area contributed by atoms with Crippen LogP contribution in [0.5, 0.6) is 0 Å². The van der Waals surface area contributed by atoms with Crippen LogP contribution in [0.3, 0.4) is 0 Å². The van der Waals surface area contributed by atoms with E-state index in [2.05, 4.69) is 35.3 Å². The first-order chi connectivity index (χ1) is 7.90. The van der Waals surface area contributed by atoms with Crippen LogP contribution in [0.15, 0.2) is 48.8 Å². The fourth-order valence-electron chi connectivity index (χ4n) is 1.73. The van der Waals surface area contributed by atoms with Crippen LogP contribution in [0.2, 0.25) is 0 Å². The van der Waals surface area contributed by atoms with Gasteiger partial charge in [0.15, 0.2) is 0 Å². The van der Waals surface area contributed by atoms with E-state index in [1.807, 2.05) is 18.5 Å². The molecule has 2 nitrogen and oxygen atoms in total. The lowest BCUT2D eigenvalue weighted by atomic mass is 10.0. The molecule has 0 unspecified atom stereocenters. The maximum Gasteiger partial charge on any atom is 0.0730 e. The smallest absolute Gasteiger partial charge is 0.0730 e. The predicted molar refractivity (Wildman–Crippen MR) is 64.2 cm³/mol. The monoisotopic (exact) mass is 213 g/mol. The Labute approximate surface area is 95.9 Å². The van der Waals surface area contributed by atoms with Crippen LogP contribution in [-0.2, 0) is 17.8 Å². The minimum absolute atomic E-state index is 0.621. The summed E-state index contributed by atoms with van der Waals surface area (Å²) in [6.45, 7) is 0.621. The maximum absolute atomic E-state index is 5.17. The average molecular weight is 213 g/mol. The highest BCUT2D eigenvalue weighted by molar-refractivity contribution is 5.30. The molecule has 0 spiro atoms. The van der Waals surface area contributed by atoms with Crippen molar-refractivity contribution in [1.29, 1.82) is 0 Å².